The lowest BCUT2D eigenvalue weighted by atomic mass is 10.1. The highest BCUT2D eigenvalue weighted by atomic mass is 28.4. The van der Waals surface area contributed by atoms with E-state index in [1.54, 1.807) is 0 Å². The van der Waals surface area contributed by atoms with Gasteiger partial charge in [0, 0.05) is 0 Å². The van der Waals surface area contributed by atoms with Crippen LogP contribution in [-0.4, -0.2) is 38.3 Å². The van der Waals surface area contributed by atoms with Crippen molar-refractivity contribution >= 4 is 8.32 Å². The van der Waals surface area contributed by atoms with Crippen LogP contribution < -0.4 is 0 Å². The Kier molecular flexibility index (Phi) is 7.52. The predicted octanol–water partition coefficient (Wildman–Crippen LogP) is 4.44. The number of aliphatic hydroxyl groups is 1. The van der Waals surface area contributed by atoms with Crippen molar-refractivity contribution in [3.63, 3.8) is 0 Å². The van der Waals surface area contributed by atoms with E-state index in [1.165, 1.54) is 0 Å². The number of rotatable bonds is 8. The first-order valence-electron chi connectivity index (χ1n) is 8.52. The van der Waals surface area contributed by atoms with Gasteiger partial charge in [-0.2, -0.15) is 0 Å². The standard InChI is InChI=1S/C18H34O3Si/c1-8-9-16-10-11-17(19)18(21-16)12-20-22(13(2)3,14(4)5)15(6)7/h8,10-11,13-19H,1,9,12H2,2-7H3/t16-,17-,18-/m0/s1. The van der Waals surface area contributed by atoms with Crippen molar-refractivity contribution in [1.82, 2.24) is 0 Å². The Bertz CT molecular complexity index is 355. The summed E-state index contributed by atoms with van der Waals surface area (Å²) in [5.41, 5.74) is 1.60. The van der Waals surface area contributed by atoms with Crippen LogP contribution in [0.4, 0.5) is 0 Å². The summed E-state index contributed by atoms with van der Waals surface area (Å²) >= 11 is 0. The number of ether oxygens (including phenoxy) is 1. The molecule has 1 aliphatic rings. The molecule has 1 aliphatic heterocycles. The monoisotopic (exact) mass is 326 g/mol. The third-order valence-corrected chi connectivity index (χ3v) is 10.9. The molecule has 0 fully saturated rings. The van der Waals surface area contributed by atoms with Crippen LogP contribution in [0, 0.1) is 0 Å². The minimum absolute atomic E-state index is 0.00252. The smallest absolute Gasteiger partial charge is 0.200 e. The summed E-state index contributed by atoms with van der Waals surface area (Å²) in [5.74, 6) is 0. The maximum Gasteiger partial charge on any atom is 0.200 e. The maximum absolute atomic E-state index is 10.2. The van der Waals surface area contributed by atoms with Gasteiger partial charge in [0.15, 0.2) is 8.32 Å². The summed E-state index contributed by atoms with van der Waals surface area (Å²) in [7, 11) is -1.92. The van der Waals surface area contributed by atoms with Crippen LogP contribution in [0.15, 0.2) is 24.8 Å². The number of aliphatic hydroxyl groups excluding tert-OH is 1. The van der Waals surface area contributed by atoms with Crippen molar-refractivity contribution in [1.29, 1.82) is 0 Å². The molecular weight excluding hydrogens is 292 g/mol. The summed E-state index contributed by atoms with van der Waals surface area (Å²) in [5, 5.41) is 10.2. The predicted molar refractivity (Wildman–Crippen MR) is 95.6 cm³/mol. The molecule has 4 heteroatoms. The molecule has 0 aliphatic carbocycles. The van der Waals surface area contributed by atoms with Gasteiger partial charge >= 0.3 is 0 Å². The van der Waals surface area contributed by atoms with E-state index in [2.05, 4.69) is 48.1 Å². The Labute approximate surface area is 137 Å². The molecule has 0 radical (unpaired) electrons. The van der Waals surface area contributed by atoms with E-state index in [1.807, 2.05) is 18.2 Å². The van der Waals surface area contributed by atoms with Crippen molar-refractivity contribution in [3.8, 4) is 0 Å². The molecule has 0 saturated carbocycles. The lowest BCUT2D eigenvalue weighted by Gasteiger charge is -2.43. The molecule has 0 saturated heterocycles. The summed E-state index contributed by atoms with van der Waals surface area (Å²) in [6.45, 7) is 17.8. The van der Waals surface area contributed by atoms with E-state index in [9.17, 15) is 5.11 Å². The minimum atomic E-state index is -1.92. The molecule has 0 aromatic carbocycles. The van der Waals surface area contributed by atoms with Crippen molar-refractivity contribution < 1.29 is 14.3 Å². The normalized spacial score (nSPS) is 26.2. The number of hydrogen-bond donors (Lipinski definition) is 1. The Morgan fingerprint density at radius 2 is 1.68 bits per heavy atom. The fraction of sp³-hybridized carbons (Fsp3) is 0.778. The van der Waals surface area contributed by atoms with Crippen molar-refractivity contribution in [2.24, 2.45) is 0 Å². The fourth-order valence-corrected chi connectivity index (χ4v) is 9.33. The SMILES string of the molecule is C=CC[C@H]1C=C[C@H](O)[C@H](CO[Si](C(C)C)(C(C)C)C(C)C)O1. The lowest BCUT2D eigenvalue weighted by molar-refractivity contribution is -0.0759. The third kappa shape index (κ3) is 4.31. The highest BCUT2D eigenvalue weighted by Crippen LogP contribution is 2.42. The summed E-state index contributed by atoms with van der Waals surface area (Å²) in [6, 6.07) is 0. The summed E-state index contributed by atoms with van der Waals surface area (Å²) in [6.07, 6.45) is 5.50. The van der Waals surface area contributed by atoms with Crippen LogP contribution in [0.3, 0.4) is 0 Å². The summed E-state index contributed by atoms with van der Waals surface area (Å²) in [4.78, 5) is 0. The van der Waals surface area contributed by atoms with Gasteiger partial charge in [-0.25, -0.2) is 0 Å². The van der Waals surface area contributed by atoms with Crippen LogP contribution in [0.25, 0.3) is 0 Å². The van der Waals surface area contributed by atoms with E-state index >= 15 is 0 Å². The van der Waals surface area contributed by atoms with E-state index in [0.29, 0.717) is 23.2 Å². The molecule has 22 heavy (non-hydrogen) atoms. The Morgan fingerprint density at radius 1 is 1.14 bits per heavy atom. The minimum Gasteiger partial charge on any atom is -0.413 e. The zero-order chi connectivity index (χ0) is 16.9. The maximum atomic E-state index is 10.2. The van der Waals surface area contributed by atoms with Gasteiger partial charge in [0.2, 0.25) is 0 Å². The van der Waals surface area contributed by atoms with Crippen LogP contribution in [0.2, 0.25) is 16.6 Å². The molecule has 0 spiro atoms. The third-order valence-electron chi connectivity index (χ3n) is 4.86. The van der Waals surface area contributed by atoms with Gasteiger partial charge in [0.1, 0.15) is 12.2 Å². The lowest BCUT2D eigenvalue weighted by Crippen LogP contribution is -2.51. The average Bonchev–Trinajstić information content (AvgIpc) is 2.41. The van der Waals surface area contributed by atoms with Crippen molar-refractivity contribution in [2.75, 3.05) is 6.61 Å². The molecule has 1 heterocycles. The second-order valence-corrected chi connectivity index (χ2v) is 12.7. The Morgan fingerprint density at radius 3 is 2.14 bits per heavy atom. The molecule has 0 aromatic rings. The van der Waals surface area contributed by atoms with E-state index in [0.717, 1.165) is 6.42 Å². The zero-order valence-electron chi connectivity index (χ0n) is 15.1. The van der Waals surface area contributed by atoms with Gasteiger partial charge in [-0.3, -0.25) is 0 Å². The Balaban J connectivity index is 2.80. The molecule has 3 atom stereocenters. The van der Waals surface area contributed by atoms with E-state index < -0.39 is 14.4 Å². The van der Waals surface area contributed by atoms with E-state index in [4.69, 9.17) is 9.16 Å². The molecule has 0 amide bonds. The molecule has 128 valence electrons. The van der Waals surface area contributed by atoms with Gasteiger partial charge in [-0.1, -0.05) is 59.8 Å². The van der Waals surface area contributed by atoms with Crippen LogP contribution in [-0.2, 0) is 9.16 Å². The summed E-state index contributed by atoms with van der Waals surface area (Å²) < 4.78 is 12.5. The number of hydrogen-bond acceptors (Lipinski definition) is 3. The first-order valence-corrected chi connectivity index (χ1v) is 10.7. The largest absolute Gasteiger partial charge is 0.413 e. The topological polar surface area (TPSA) is 38.7 Å². The first kappa shape index (κ1) is 19.6. The van der Waals surface area contributed by atoms with Gasteiger partial charge in [-0.15, -0.1) is 6.58 Å². The molecule has 0 aromatic heterocycles. The van der Waals surface area contributed by atoms with E-state index in [-0.39, 0.29) is 12.2 Å². The molecule has 0 unspecified atom stereocenters. The highest BCUT2D eigenvalue weighted by Gasteiger charge is 2.45. The molecule has 0 bridgehead atoms. The van der Waals surface area contributed by atoms with Crippen LogP contribution >= 0.6 is 0 Å². The van der Waals surface area contributed by atoms with Gasteiger partial charge in [0.25, 0.3) is 0 Å². The average molecular weight is 327 g/mol. The van der Waals surface area contributed by atoms with Crippen molar-refractivity contribution in [3.05, 3.63) is 24.8 Å². The molecule has 3 nitrogen and oxygen atoms in total. The van der Waals surface area contributed by atoms with Crippen molar-refractivity contribution in [2.45, 2.75) is 82.9 Å². The first-order chi connectivity index (χ1) is 10.3. The van der Waals surface area contributed by atoms with Crippen LogP contribution in [0.1, 0.15) is 48.0 Å². The van der Waals surface area contributed by atoms with Crippen LogP contribution in [0.5, 0.6) is 0 Å². The zero-order valence-corrected chi connectivity index (χ0v) is 16.1. The Hall–Kier alpha value is -0.423. The quantitative estimate of drug-likeness (QED) is 0.529. The molecule has 1 N–H and O–H groups in total. The van der Waals surface area contributed by atoms with Gasteiger partial charge in [0.05, 0.1) is 12.7 Å². The second-order valence-electron chi connectivity index (χ2n) is 7.24. The van der Waals surface area contributed by atoms with Gasteiger partial charge < -0.3 is 14.3 Å². The second kappa shape index (κ2) is 8.43. The van der Waals surface area contributed by atoms with Gasteiger partial charge in [-0.05, 0) is 23.0 Å². The fourth-order valence-electron chi connectivity index (χ4n) is 3.87. The molecule has 1 rings (SSSR count). The molecular formula is C18H34O3Si. The highest BCUT2D eigenvalue weighted by molar-refractivity contribution is 6.77.